The van der Waals surface area contributed by atoms with Crippen molar-refractivity contribution < 1.29 is 26.9 Å². The van der Waals surface area contributed by atoms with Crippen molar-refractivity contribution in [3.05, 3.63) is 11.6 Å². The maximum absolute atomic E-state index is 12.2. The van der Waals surface area contributed by atoms with Crippen molar-refractivity contribution in [3.8, 4) is 0 Å². The van der Waals surface area contributed by atoms with Crippen LogP contribution in [0.2, 0.25) is 0 Å². The summed E-state index contributed by atoms with van der Waals surface area (Å²) in [5, 5.41) is 0. The number of rotatable bonds is 3. The van der Waals surface area contributed by atoms with Crippen LogP contribution < -0.4 is 0 Å². The first-order chi connectivity index (χ1) is 9.98. The lowest BCUT2D eigenvalue weighted by Crippen LogP contribution is -2.41. The molecule has 7 heteroatoms. The first kappa shape index (κ1) is 17.1. The van der Waals surface area contributed by atoms with Crippen molar-refractivity contribution in [3.63, 3.8) is 0 Å². The van der Waals surface area contributed by atoms with Crippen LogP contribution in [0.5, 0.6) is 0 Å². The van der Waals surface area contributed by atoms with E-state index >= 15 is 0 Å². The number of allylic oxidation sites excluding steroid dienone is 1. The number of fused-ring (bicyclic) bond motifs is 1. The van der Waals surface area contributed by atoms with Gasteiger partial charge >= 0.3 is 5.97 Å². The Labute approximate surface area is 131 Å². The second-order valence-electron chi connectivity index (χ2n) is 6.88. The summed E-state index contributed by atoms with van der Waals surface area (Å²) in [6.07, 6.45) is 2.27. The van der Waals surface area contributed by atoms with Gasteiger partial charge in [0, 0.05) is 17.4 Å². The van der Waals surface area contributed by atoms with E-state index in [1.54, 1.807) is 6.92 Å². The largest absolute Gasteiger partial charge is 0.466 e. The third-order valence-electron chi connectivity index (χ3n) is 4.75. The van der Waals surface area contributed by atoms with Gasteiger partial charge in [-0.15, -0.1) is 0 Å². The van der Waals surface area contributed by atoms with E-state index in [0.717, 1.165) is 6.26 Å². The van der Waals surface area contributed by atoms with Crippen molar-refractivity contribution in [2.24, 2.45) is 23.2 Å². The molecule has 0 bridgehead atoms. The molecule has 0 amide bonds. The molecule has 6 nitrogen and oxygen atoms in total. The Bertz CT molecular complexity index is 630. The van der Waals surface area contributed by atoms with Crippen LogP contribution in [0, 0.1) is 23.2 Å². The number of hydrogen-bond acceptors (Lipinski definition) is 6. The summed E-state index contributed by atoms with van der Waals surface area (Å²) in [6.45, 7) is 5.55. The summed E-state index contributed by atoms with van der Waals surface area (Å²) in [7, 11) is -2.39. The average Bonchev–Trinajstić information content (AvgIpc) is 2.63. The van der Waals surface area contributed by atoms with E-state index in [0.29, 0.717) is 12.0 Å². The van der Waals surface area contributed by atoms with Crippen LogP contribution in [0.25, 0.3) is 0 Å². The summed E-state index contributed by atoms with van der Waals surface area (Å²) < 4.78 is 33.3. The maximum atomic E-state index is 12.2. The summed E-state index contributed by atoms with van der Waals surface area (Å²) >= 11 is 0. The van der Waals surface area contributed by atoms with Crippen molar-refractivity contribution in [2.75, 3.05) is 13.4 Å². The van der Waals surface area contributed by atoms with Gasteiger partial charge in [0.1, 0.15) is 0 Å². The van der Waals surface area contributed by atoms with Gasteiger partial charge in [0.15, 0.2) is 5.78 Å². The van der Waals surface area contributed by atoms with E-state index in [4.69, 9.17) is 8.92 Å². The number of ketones is 1. The summed E-state index contributed by atoms with van der Waals surface area (Å²) in [5.41, 5.74) is -0.145. The van der Waals surface area contributed by atoms with Gasteiger partial charge in [0.25, 0.3) is 10.1 Å². The van der Waals surface area contributed by atoms with E-state index in [-0.39, 0.29) is 17.6 Å². The smallest absolute Gasteiger partial charge is 0.334 e. The van der Waals surface area contributed by atoms with Crippen LogP contribution in [-0.2, 0) is 28.6 Å². The first-order valence-electron chi connectivity index (χ1n) is 7.20. The van der Waals surface area contributed by atoms with Crippen LogP contribution in [0.4, 0.5) is 0 Å². The van der Waals surface area contributed by atoms with Crippen LogP contribution in [-0.4, -0.2) is 39.6 Å². The molecule has 1 saturated carbocycles. The van der Waals surface area contributed by atoms with Gasteiger partial charge in [-0.05, 0) is 23.8 Å². The number of carbonyl (C=O) groups is 2. The van der Waals surface area contributed by atoms with Gasteiger partial charge in [-0.25, -0.2) is 4.79 Å². The topological polar surface area (TPSA) is 86.7 Å². The lowest BCUT2D eigenvalue weighted by Gasteiger charge is -2.34. The lowest BCUT2D eigenvalue weighted by molar-refractivity contribution is -0.138. The highest BCUT2D eigenvalue weighted by molar-refractivity contribution is 7.86. The molecule has 0 aromatic rings. The number of hydrogen-bond donors (Lipinski definition) is 0. The predicted molar refractivity (Wildman–Crippen MR) is 79.4 cm³/mol. The fourth-order valence-corrected chi connectivity index (χ4v) is 4.54. The van der Waals surface area contributed by atoms with Crippen molar-refractivity contribution in [1.29, 1.82) is 0 Å². The number of esters is 1. The van der Waals surface area contributed by atoms with Gasteiger partial charge in [0.05, 0.1) is 19.5 Å². The zero-order valence-corrected chi connectivity index (χ0v) is 14.3. The lowest BCUT2D eigenvalue weighted by atomic mass is 9.73. The van der Waals surface area contributed by atoms with Gasteiger partial charge in [-0.3, -0.25) is 8.98 Å². The highest BCUT2D eigenvalue weighted by Crippen LogP contribution is 2.54. The van der Waals surface area contributed by atoms with Crippen LogP contribution in [0.1, 0.15) is 27.2 Å². The fourth-order valence-electron chi connectivity index (χ4n) is 3.77. The first-order valence-corrected chi connectivity index (χ1v) is 9.01. The van der Waals surface area contributed by atoms with Gasteiger partial charge in [-0.2, -0.15) is 8.42 Å². The summed E-state index contributed by atoms with van der Waals surface area (Å²) in [5.74, 6) is -1.71. The third kappa shape index (κ3) is 2.96. The average molecular weight is 330 g/mol. The second-order valence-corrected chi connectivity index (χ2v) is 8.48. The zero-order valence-electron chi connectivity index (χ0n) is 13.5. The molecule has 0 saturated heterocycles. The van der Waals surface area contributed by atoms with Crippen molar-refractivity contribution in [2.45, 2.75) is 33.3 Å². The normalized spacial score (nSPS) is 34.0. The van der Waals surface area contributed by atoms with Gasteiger partial charge in [0.2, 0.25) is 0 Å². The Balaban J connectivity index is 2.48. The molecule has 2 aliphatic carbocycles. The Morgan fingerprint density at radius 3 is 2.45 bits per heavy atom. The Morgan fingerprint density at radius 1 is 1.36 bits per heavy atom. The minimum Gasteiger partial charge on any atom is -0.466 e. The molecule has 0 aliphatic heterocycles. The van der Waals surface area contributed by atoms with Crippen LogP contribution >= 0.6 is 0 Å². The quantitative estimate of drug-likeness (QED) is 0.573. The molecule has 0 aromatic heterocycles. The summed E-state index contributed by atoms with van der Waals surface area (Å²) in [4.78, 5) is 24.2. The maximum Gasteiger partial charge on any atom is 0.334 e. The molecule has 0 N–H and O–H groups in total. The molecule has 2 aliphatic rings. The second kappa shape index (κ2) is 5.45. The van der Waals surface area contributed by atoms with E-state index < -0.39 is 33.5 Å². The zero-order chi connectivity index (χ0) is 16.9. The SMILES string of the molecule is COC(=O)C1=CC(=O)[C@H](C)[C@H]2[C@@H](OS(C)(=O)=O)C(C)(C)C[C@@H]12. The minimum atomic E-state index is -3.66. The van der Waals surface area contributed by atoms with E-state index in [1.165, 1.54) is 13.2 Å². The standard InChI is InChI=1S/C15H22O6S/c1-8-11(16)6-9(14(17)20-4)10-7-15(2,3)13(12(8)10)21-22(5,18)19/h6,8,10,12-13H,7H2,1-5H3/t8-,10-,12+,13+/m0/s1. The molecule has 4 atom stereocenters. The molecule has 22 heavy (non-hydrogen) atoms. The highest BCUT2D eigenvalue weighted by Gasteiger charge is 2.56. The number of carbonyl (C=O) groups excluding carboxylic acids is 2. The molecule has 1 fully saturated rings. The fraction of sp³-hybridized carbons (Fsp3) is 0.733. The highest BCUT2D eigenvalue weighted by atomic mass is 32.2. The summed E-state index contributed by atoms with van der Waals surface area (Å²) in [6, 6.07) is 0. The Morgan fingerprint density at radius 2 is 1.95 bits per heavy atom. The van der Waals surface area contributed by atoms with Crippen LogP contribution in [0.3, 0.4) is 0 Å². The van der Waals surface area contributed by atoms with Crippen LogP contribution in [0.15, 0.2) is 11.6 Å². The van der Waals surface area contributed by atoms with Gasteiger partial charge < -0.3 is 4.74 Å². The van der Waals surface area contributed by atoms with E-state index in [9.17, 15) is 18.0 Å². The molecular weight excluding hydrogens is 308 g/mol. The number of methoxy groups -OCH3 is 1. The Kier molecular flexibility index (Phi) is 4.25. The minimum absolute atomic E-state index is 0.193. The predicted octanol–water partition coefficient (Wildman–Crippen LogP) is 1.31. The van der Waals surface area contributed by atoms with Crippen molar-refractivity contribution >= 4 is 21.9 Å². The molecular formula is C15H22O6S. The Hall–Kier alpha value is -1.21. The molecule has 124 valence electrons. The molecule has 0 unspecified atom stereocenters. The number of ether oxygens (including phenoxy) is 1. The monoisotopic (exact) mass is 330 g/mol. The molecule has 2 rings (SSSR count). The van der Waals surface area contributed by atoms with E-state index in [1.807, 2.05) is 13.8 Å². The molecule has 0 radical (unpaired) electrons. The molecule has 0 aromatic carbocycles. The van der Waals surface area contributed by atoms with Crippen molar-refractivity contribution in [1.82, 2.24) is 0 Å². The molecule has 0 spiro atoms. The molecule has 0 heterocycles. The van der Waals surface area contributed by atoms with E-state index in [2.05, 4.69) is 0 Å². The van der Waals surface area contributed by atoms with Gasteiger partial charge in [-0.1, -0.05) is 20.8 Å². The third-order valence-corrected chi connectivity index (χ3v) is 5.31.